The van der Waals surface area contributed by atoms with Crippen LogP contribution in [0.25, 0.3) is 11.3 Å². The molecular formula is C21H23N5O3. The summed E-state index contributed by atoms with van der Waals surface area (Å²) >= 11 is 0. The number of hydrogen-bond donors (Lipinski definition) is 0. The van der Waals surface area contributed by atoms with Crippen LogP contribution in [0.3, 0.4) is 0 Å². The van der Waals surface area contributed by atoms with Crippen molar-refractivity contribution in [3.05, 3.63) is 54.9 Å². The number of amides is 1. The molecule has 1 saturated heterocycles. The molecule has 0 unspecified atom stereocenters. The van der Waals surface area contributed by atoms with Crippen molar-refractivity contribution in [1.82, 2.24) is 24.9 Å². The first kappa shape index (κ1) is 18.1. The Morgan fingerprint density at radius 1 is 1.21 bits per heavy atom. The molecule has 1 aliphatic heterocycles. The van der Waals surface area contributed by atoms with Gasteiger partial charge in [-0.2, -0.15) is 0 Å². The fraction of sp³-hybridized carbons (Fsp3) is 0.429. The maximum absolute atomic E-state index is 12.7. The lowest BCUT2D eigenvalue weighted by Gasteiger charge is -2.36. The maximum Gasteiger partial charge on any atom is 0.289 e. The Labute approximate surface area is 168 Å². The number of hydrogen-bond acceptors (Lipinski definition) is 6. The van der Waals surface area contributed by atoms with Crippen LogP contribution in [0.1, 0.15) is 29.4 Å². The minimum absolute atomic E-state index is 0.0328. The molecule has 1 aliphatic carbocycles. The molecule has 0 bridgehead atoms. The van der Waals surface area contributed by atoms with Crippen molar-refractivity contribution in [1.29, 1.82) is 0 Å². The SMILES string of the molecule is CO[C@@H]1C[C@H]2CN(C(=O)c3ccco3)C[C@H]2C[C@H]1n1cc(-c2cccnc2)nn1. The molecule has 3 aromatic rings. The zero-order valence-corrected chi connectivity index (χ0v) is 16.2. The van der Waals surface area contributed by atoms with Crippen LogP contribution in [0.2, 0.25) is 0 Å². The minimum atomic E-state index is -0.0328. The quantitative estimate of drug-likeness (QED) is 0.677. The number of pyridine rings is 1. The molecule has 3 aromatic heterocycles. The van der Waals surface area contributed by atoms with Crippen LogP contribution in [-0.4, -0.2) is 57.1 Å². The summed E-state index contributed by atoms with van der Waals surface area (Å²) in [4.78, 5) is 18.7. The normalized spacial score (nSPS) is 26.4. The highest BCUT2D eigenvalue weighted by Gasteiger charge is 2.45. The average molecular weight is 393 g/mol. The van der Waals surface area contributed by atoms with Gasteiger partial charge >= 0.3 is 0 Å². The van der Waals surface area contributed by atoms with E-state index in [1.54, 1.807) is 31.6 Å². The summed E-state index contributed by atoms with van der Waals surface area (Å²) in [6, 6.07) is 7.43. The first-order valence-electron chi connectivity index (χ1n) is 9.90. The monoisotopic (exact) mass is 393 g/mol. The van der Waals surface area contributed by atoms with Crippen LogP contribution in [-0.2, 0) is 4.74 Å². The molecule has 4 heterocycles. The lowest BCUT2D eigenvalue weighted by atomic mass is 9.77. The second-order valence-electron chi connectivity index (χ2n) is 7.85. The van der Waals surface area contributed by atoms with E-state index in [0.717, 1.165) is 37.2 Å². The topological polar surface area (TPSA) is 86.3 Å². The molecule has 8 nitrogen and oxygen atoms in total. The summed E-state index contributed by atoms with van der Waals surface area (Å²) in [5, 5.41) is 8.72. The van der Waals surface area contributed by atoms with Gasteiger partial charge in [0.25, 0.3) is 5.91 Å². The van der Waals surface area contributed by atoms with E-state index < -0.39 is 0 Å². The summed E-state index contributed by atoms with van der Waals surface area (Å²) < 4.78 is 13.0. The third-order valence-corrected chi connectivity index (χ3v) is 6.21. The molecular weight excluding hydrogens is 370 g/mol. The van der Waals surface area contributed by atoms with Crippen LogP contribution in [0, 0.1) is 11.8 Å². The van der Waals surface area contributed by atoms with Gasteiger partial charge < -0.3 is 14.1 Å². The van der Waals surface area contributed by atoms with Gasteiger partial charge in [-0.05, 0) is 48.9 Å². The number of fused-ring (bicyclic) bond motifs is 1. The summed E-state index contributed by atoms with van der Waals surface area (Å²) in [5.41, 5.74) is 1.74. The molecule has 2 aliphatic rings. The Balaban J connectivity index is 1.34. The van der Waals surface area contributed by atoms with E-state index in [2.05, 4.69) is 15.3 Å². The highest BCUT2D eigenvalue weighted by molar-refractivity contribution is 5.91. The molecule has 0 N–H and O–H groups in total. The predicted octanol–water partition coefficient (Wildman–Crippen LogP) is 2.67. The summed E-state index contributed by atoms with van der Waals surface area (Å²) in [5.74, 6) is 1.21. The van der Waals surface area contributed by atoms with Gasteiger partial charge in [-0.1, -0.05) is 5.21 Å². The number of carbonyl (C=O) groups is 1. The number of ether oxygens (including phenoxy) is 1. The van der Waals surface area contributed by atoms with E-state index in [1.807, 2.05) is 27.9 Å². The van der Waals surface area contributed by atoms with Crippen LogP contribution in [0.15, 0.2) is 53.5 Å². The molecule has 0 aromatic carbocycles. The van der Waals surface area contributed by atoms with E-state index in [1.165, 1.54) is 6.26 Å². The van der Waals surface area contributed by atoms with Crippen LogP contribution < -0.4 is 0 Å². The zero-order valence-electron chi connectivity index (χ0n) is 16.2. The minimum Gasteiger partial charge on any atom is -0.459 e. The van der Waals surface area contributed by atoms with Crippen LogP contribution >= 0.6 is 0 Å². The van der Waals surface area contributed by atoms with E-state index in [-0.39, 0.29) is 18.1 Å². The second kappa shape index (κ2) is 7.44. The molecule has 29 heavy (non-hydrogen) atoms. The van der Waals surface area contributed by atoms with Crippen molar-refractivity contribution in [2.75, 3.05) is 20.2 Å². The number of nitrogens with zero attached hydrogens (tertiary/aromatic N) is 5. The molecule has 1 saturated carbocycles. The Hall–Kier alpha value is -3.00. The van der Waals surface area contributed by atoms with Crippen molar-refractivity contribution < 1.29 is 13.9 Å². The number of carbonyl (C=O) groups excluding carboxylic acids is 1. The van der Waals surface area contributed by atoms with Gasteiger partial charge in [0.1, 0.15) is 5.69 Å². The highest BCUT2D eigenvalue weighted by Crippen LogP contribution is 2.42. The van der Waals surface area contributed by atoms with Crippen molar-refractivity contribution >= 4 is 5.91 Å². The molecule has 0 spiro atoms. The molecule has 4 atom stereocenters. The van der Waals surface area contributed by atoms with Gasteiger partial charge in [0.05, 0.1) is 24.6 Å². The van der Waals surface area contributed by atoms with Gasteiger partial charge in [-0.3, -0.25) is 9.78 Å². The number of aromatic nitrogens is 4. The smallest absolute Gasteiger partial charge is 0.289 e. The van der Waals surface area contributed by atoms with E-state index >= 15 is 0 Å². The third-order valence-electron chi connectivity index (χ3n) is 6.21. The predicted molar refractivity (Wildman–Crippen MR) is 104 cm³/mol. The fourth-order valence-electron chi connectivity index (χ4n) is 4.73. The van der Waals surface area contributed by atoms with E-state index in [9.17, 15) is 4.79 Å². The van der Waals surface area contributed by atoms with Crippen molar-refractivity contribution in [3.63, 3.8) is 0 Å². The first-order valence-corrected chi connectivity index (χ1v) is 9.90. The van der Waals surface area contributed by atoms with Crippen molar-refractivity contribution in [3.8, 4) is 11.3 Å². The second-order valence-corrected chi connectivity index (χ2v) is 7.85. The lowest BCUT2D eigenvalue weighted by Crippen LogP contribution is -2.37. The van der Waals surface area contributed by atoms with E-state index in [0.29, 0.717) is 17.6 Å². The maximum atomic E-state index is 12.7. The number of likely N-dealkylation sites (tertiary alicyclic amines) is 1. The molecule has 150 valence electrons. The van der Waals surface area contributed by atoms with Gasteiger partial charge in [0.2, 0.25) is 0 Å². The molecule has 8 heteroatoms. The molecule has 1 amide bonds. The van der Waals surface area contributed by atoms with Gasteiger partial charge in [0.15, 0.2) is 5.76 Å². The molecule has 2 fully saturated rings. The fourth-order valence-corrected chi connectivity index (χ4v) is 4.73. The summed E-state index contributed by atoms with van der Waals surface area (Å²) in [7, 11) is 1.75. The first-order chi connectivity index (χ1) is 14.2. The number of methoxy groups -OCH3 is 1. The Bertz CT molecular complexity index is 971. The van der Waals surface area contributed by atoms with Crippen molar-refractivity contribution in [2.24, 2.45) is 11.8 Å². The Morgan fingerprint density at radius 3 is 2.79 bits per heavy atom. The summed E-state index contributed by atoms with van der Waals surface area (Å²) in [6.07, 6.45) is 8.88. The average Bonchev–Trinajstić information content (AvgIpc) is 3.53. The van der Waals surface area contributed by atoms with Gasteiger partial charge in [-0.15, -0.1) is 5.10 Å². The van der Waals surface area contributed by atoms with Crippen LogP contribution in [0.5, 0.6) is 0 Å². The Kier molecular flexibility index (Phi) is 4.63. The Morgan fingerprint density at radius 2 is 2.07 bits per heavy atom. The van der Waals surface area contributed by atoms with Gasteiger partial charge in [-0.25, -0.2) is 4.68 Å². The van der Waals surface area contributed by atoms with Crippen molar-refractivity contribution in [2.45, 2.75) is 25.0 Å². The number of rotatable bonds is 4. The van der Waals surface area contributed by atoms with Crippen LogP contribution in [0.4, 0.5) is 0 Å². The largest absolute Gasteiger partial charge is 0.459 e. The number of furan rings is 1. The lowest BCUT2D eigenvalue weighted by molar-refractivity contribution is -0.00545. The zero-order chi connectivity index (χ0) is 19.8. The molecule has 0 radical (unpaired) electrons. The summed E-state index contributed by atoms with van der Waals surface area (Å²) in [6.45, 7) is 1.48. The third kappa shape index (κ3) is 3.33. The highest BCUT2D eigenvalue weighted by atomic mass is 16.5. The van der Waals surface area contributed by atoms with E-state index in [4.69, 9.17) is 9.15 Å². The standard InChI is InChI=1S/C21H23N5O3/c1-28-20-9-16-12-25(21(27)19-5-3-7-29-19)11-15(16)8-18(20)26-13-17(23-24-26)14-4-2-6-22-10-14/h2-7,10,13,15-16,18,20H,8-9,11-12H2,1H3/t15-,16+,18-,20-/m1/s1. The van der Waals surface area contributed by atoms with Gasteiger partial charge in [0, 0.05) is 38.2 Å². The molecule has 5 rings (SSSR count).